The van der Waals surface area contributed by atoms with Crippen LogP contribution in [0.2, 0.25) is 0 Å². The van der Waals surface area contributed by atoms with Crippen molar-refractivity contribution < 1.29 is 19.1 Å². The van der Waals surface area contributed by atoms with Crippen LogP contribution in [0.5, 0.6) is 5.75 Å². The van der Waals surface area contributed by atoms with Crippen molar-refractivity contribution in [2.75, 3.05) is 45.4 Å². The first-order chi connectivity index (χ1) is 17.1. The Morgan fingerprint density at radius 1 is 1.17 bits per heavy atom. The van der Waals surface area contributed by atoms with Crippen molar-refractivity contribution in [3.8, 4) is 22.9 Å². The highest BCUT2D eigenvalue weighted by atomic mass is 16.5. The van der Waals surface area contributed by atoms with Crippen molar-refractivity contribution in [2.45, 2.75) is 18.9 Å². The molecule has 0 bridgehead atoms. The maximum atomic E-state index is 11.2. The van der Waals surface area contributed by atoms with E-state index in [1.165, 1.54) is 11.3 Å². The number of nitrogens with one attached hydrogen (secondary N) is 3. The summed E-state index contributed by atoms with van der Waals surface area (Å²) in [6, 6.07) is 15.1. The van der Waals surface area contributed by atoms with Gasteiger partial charge in [-0.2, -0.15) is 5.26 Å². The number of aromatic amines is 1. The van der Waals surface area contributed by atoms with E-state index in [2.05, 4.69) is 21.7 Å². The Balaban J connectivity index is 0.000000420. The van der Waals surface area contributed by atoms with E-state index in [1.54, 1.807) is 14.2 Å². The standard InChI is InChI=1S/C21H20N4O3.C5H11NO/c1-25(13-27)20-9-15(4-6-21(20)28-2)14-3-5-19-16(7-14)8-17(24-19)10-18(11-22)23-12-26;1-2-6-3-5-7-4-1/h3-9,12-13,18,24H,10H2,1-2H3,(H,23,26);6H,1-5H2. The summed E-state index contributed by atoms with van der Waals surface area (Å²) < 4.78 is 10.5. The zero-order chi connectivity index (χ0) is 25.0. The highest BCUT2D eigenvalue weighted by Gasteiger charge is 2.12. The van der Waals surface area contributed by atoms with Gasteiger partial charge >= 0.3 is 0 Å². The summed E-state index contributed by atoms with van der Waals surface area (Å²) in [6.07, 6.45) is 2.84. The predicted molar refractivity (Wildman–Crippen MR) is 135 cm³/mol. The van der Waals surface area contributed by atoms with Crippen molar-refractivity contribution in [1.82, 2.24) is 15.6 Å². The van der Waals surface area contributed by atoms with Crippen molar-refractivity contribution in [2.24, 2.45) is 0 Å². The SMILES string of the molecule is C1CNCCOC1.COc1ccc(-c2ccc3[nH]c(CC(C#N)NC=O)cc3c2)cc1N(C)C=O. The van der Waals surface area contributed by atoms with Crippen molar-refractivity contribution >= 4 is 29.4 Å². The van der Waals surface area contributed by atoms with Crippen LogP contribution < -0.4 is 20.3 Å². The fourth-order valence-corrected chi connectivity index (χ4v) is 3.80. The molecule has 1 unspecified atom stereocenters. The minimum Gasteiger partial charge on any atom is -0.495 e. The van der Waals surface area contributed by atoms with Crippen LogP contribution in [0.3, 0.4) is 0 Å². The molecule has 9 heteroatoms. The third kappa shape index (κ3) is 7.06. The molecule has 1 aliphatic heterocycles. The highest BCUT2D eigenvalue weighted by Crippen LogP contribution is 2.33. The number of hydrogen-bond donors (Lipinski definition) is 3. The fourth-order valence-electron chi connectivity index (χ4n) is 3.80. The van der Waals surface area contributed by atoms with Gasteiger partial charge in [0.2, 0.25) is 12.8 Å². The Morgan fingerprint density at radius 2 is 1.97 bits per heavy atom. The number of rotatable bonds is 8. The number of fused-ring (bicyclic) bond motifs is 1. The molecule has 0 saturated carbocycles. The molecule has 3 aromatic rings. The molecule has 35 heavy (non-hydrogen) atoms. The molecule has 1 aliphatic rings. The summed E-state index contributed by atoms with van der Waals surface area (Å²) in [5, 5.41) is 15.8. The predicted octanol–water partition coefficient (Wildman–Crippen LogP) is 2.61. The molecule has 184 valence electrons. The lowest BCUT2D eigenvalue weighted by Gasteiger charge is -2.16. The van der Waals surface area contributed by atoms with E-state index >= 15 is 0 Å². The number of ether oxygens (including phenoxy) is 2. The molecule has 1 saturated heterocycles. The maximum absolute atomic E-state index is 11.2. The molecular formula is C26H31N5O4. The lowest BCUT2D eigenvalue weighted by Crippen LogP contribution is -2.28. The van der Waals surface area contributed by atoms with E-state index in [9.17, 15) is 9.59 Å². The zero-order valence-corrected chi connectivity index (χ0v) is 20.0. The molecule has 1 atom stereocenters. The topological polar surface area (TPSA) is 119 Å². The van der Waals surface area contributed by atoms with Gasteiger partial charge in [0.15, 0.2) is 0 Å². The van der Waals surface area contributed by atoms with Crippen molar-refractivity contribution in [1.29, 1.82) is 5.26 Å². The molecule has 4 rings (SSSR count). The largest absolute Gasteiger partial charge is 0.495 e. The number of hydrogen-bond acceptors (Lipinski definition) is 6. The fraction of sp³-hybridized carbons (Fsp3) is 0.346. The molecule has 0 aliphatic carbocycles. The molecule has 1 fully saturated rings. The Hall–Kier alpha value is -3.87. The summed E-state index contributed by atoms with van der Waals surface area (Å²) in [6.45, 7) is 3.98. The quantitative estimate of drug-likeness (QED) is 0.429. The normalized spacial score (nSPS) is 14.0. The van der Waals surface area contributed by atoms with E-state index in [-0.39, 0.29) is 0 Å². The van der Waals surface area contributed by atoms with Crippen LogP contribution in [0.1, 0.15) is 12.1 Å². The molecule has 0 radical (unpaired) electrons. The number of carbonyl (C=O) groups is 2. The number of carbonyl (C=O) groups excluding carboxylic acids is 2. The maximum Gasteiger partial charge on any atom is 0.213 e. The Bertz CT molecular complexity index is 1150. The number of nitriles is 1. The van der Waals surface area contributed by atoms with Crippen LogP contribution in [-0.2, 0) is 20.7 Å². The zero-order valence-electron chi connectivity index (χ0n) is 20.0. The first-order valence-electron chi connectivity index (χ1n) is 11.5. The second-order valence-electron chi connectivity index (χ2n) is 8.09. The van der Waals surface area contributed by atoms with E-state index in [1.807, 2.05) is 42.5 Å². The van der Waals surface area contributed by atoms with E-state index in [4.69, 9.17) is 14.7 Å². The van der Waals surface area contributed by atoms with Crippen LogP contribution in [0.25, 0.3) is 22.0 Å². The monoisotopic (exact) mass is 477 g/mol. The number of amides is 2. The minimum absolute atomic E-state index is 0.399. The number of anilines is 1. The van der Waals surface area contributed by atoms with Gasteiger partial charge in [-0.1, -0.05) is 12.1 Å². The first kappa shape index (κ1) is 25.7. The van der Waals surface area contributed by atoms with Gasteiger partial charge in [-0.3, -0.25) is 9.59 Å². The van der Waals surface area contributed by atoms with Crippen molar-refractivity contribution in [3.63, 3.8) is 0 Å². The minimum atomic E-state index is -0.576. The van der Waals surface area contributed by atoms with Gasteiger partial charge in [0.1, 0.15) is 11.8 Å². The third-order valence-electron chi connectivity index (χ3n) is 5.64. The molecule has 2 aromatic carbocycles. The van der Waals surface area contributed by atoms with Crippen LogP contribution in [0.15, 0.2) is 42.5 Å². The van der Waals surface area contributed by atoms with Crippen LogP contribution in [0, 0.1) is 11.3 Å². The van der Waals surface area contributed by atoms with Crippen LogP contribution in [-0.4, -0.2) is 64.3 Å². The van der Waals surface area contributed by atoms with Crippen molar-refractivity contribution in [3.05, 3.63) is 48.2 Å². The van der Waals surface area contributed by atoms with E-state index in [0.717, 1.165) is 60.4 Å². The van der Waals surface area contributed by atoms with Gasteiger partial charge < -0.3 is 30.0 Å². The molecule has 9 nitrogen and oxygen atoms in total. The number of methoxy groups -OCH3 is 1. The molecule has 3 N–H and O–H groups in total. The van der Waals surface area contributed by atoms with E-state index < -0.39 is 6.04 Å². The first-order valence-corrected chi connectivity index (χ1v) is 11.5. The molecule has 2 heterocycles. The molecule has 1 aromatic heterocycles. The average molecular weight is 478 g/mol. The van der Waals surface area contributed by atoms with Gasteiger partial charge in [0.05, 0.1) is 25.5 Å². The van der Waals surface area contributed by atoms with Gasteiger partial charge in [-0.25, -0.2) is 0 Å². The number of H-pyrrole nitrogens is 1. The average Bonchev–Trinajstić information content (AvgIpc) is 3.07. The lowest BCUT2D eigenvalue weighted by atomic mass is 10.0. The Morgan fingerprint density at radius 3 is 2.71 bits per heavy atom. The molecule has 2 amide bonds. The summed E-state index contributed by atoms with van der Waals surface area (Å²) in [7, 11) is 3.24. The smallest absolute Gasteiger partial charge is 0.213 e. The number of nitrogens with zero attached hydrogens (tertiary/aromatic N) is 2. The van der Waals surface area contributed by atoms with Crippen LogP contribution in [0.4, 0.5) is 5.69 Å². The van der Waals surface area contributed by atoms with Crippen LogP contribution >= 0.6 is 0 Å². The molecule has 0 spiro atoms. The van der Waals surface area contributed by atoms with Gasteiger partial charge in [0, 0.05) is 43.2 Å². The van der Waals surface area contributed by atoms with Gasteiger partial charge in [-0.15, -0.1) is 0 Å². The summed E-state index contributed by atoms with van der Waals surface area (Å²) >= 11 is 0. The third-order valence-corrected chi connectivity index (χ3v) is 5.64. The highest BCUT2D eigenvalue weighted by molar-refractivity contribution is 5.88. The summed E-state index contributed by atoms with van der Waals surface area (Å²) in [5.74, 6) is 0.619. The molecular weight excluding hydrogens is 446 g/mol. The summed E-state index contributed by atoms with van der Waals surface area (Å²) in [5.41, 5.74) is 4.43. The van der Waals surface area contributed by atoms with E-state index in [0.29, 0.717) is 24.3 Å². The Kier molecular flexibility index (Phi) is 9.66. The van der Waals surface area contributed by atoms with Gasteiger partial charge in [-0.05, 0) is 54.4 Å². The second kappa shape index (κ2) is 13.1. The summed E-state index contributed by atoms with van der Waals surface area (Å²) in [4.78, 5) is 26.5. The number of aromatic nitrogens is 1. The Labute approximate surface area is 205 Å². The van der Waals surface area contributed by atoms with Gasteiger partial charge in [0.25, 0.3) is 0 Å². The second-order valence-corrected chi connectivity index (χ2v) is 8.09. The lowest BCUT2D eigenvalue weighted by molar-refractivity contribution is -0.110. The number of benzene rings is 2.